The number of hydrogen-bond donors (Lipinski definition) is 0. The number of rotatable bonds is 5. The number of anilines is 1. The van der Waals surface area contributed by atoms with Gasteiger partial charge in [-0.1, -0.05) is 18.6 Å². The van der Waals surface area contributed by atoms with Crippen LogP contribution in [0, 0.1) is 12.8 Å². The molecule has 0 radical (unpaired) electrons. The lowest BCUT2D eigenvalue weighted by Gasteiger charge is -2.34. The van der Waals surface area contributed by atoms with Crippen LogP contribution in [0.5, 0.6) is 0 Å². The van der Waals surface area contributed by atoms with Crippen molar-refractivity contribution in [3.63, 3.8) is 0 Å². The molecule has 0 aliphatic heterocycles. The van der Waals surface area contributed by atoms with Gasteiger partial charge in [0.15, 0.2) is 0 Å². The number of alkyl halides is 1. The summed E-state index contributed by atoms with van der Waals surface area (Å²) >= 11 is 5.87. The third-order valence-electron chi connectivity index (χ3n) is 3.84. The first kappa shape index (κ1) is 12.8. The van der Waals surface area contributed by atoms with Gasteiger partial charge in [-0.2, -0.15) is 0 Å². The molecular formula is C15H22ClN. The molecule has 17 heavy (non-hydrogen) atoms. The Morgan fingerprint density at radius 1 is 1.35 bits per heavy atom. The molecule has 1 aliphatic rings. The summed E-state index contributed by atoms with van der Waals surface area (Å²) in [6, 6.07) is 6.60. The van der Waals surface area contributed by atoms with Gasteiger partial charge >= 0.3 is 0 Å². The SMILES string of the molecule is CCN(CC1CCC1)c1ccc(CCl)cc1C. The third-order valence-corrected chi connectivity index (χ3v) is 4.15. The van der Waals surface area contributed by atoms with E-state index in [1.54, 1.807) is 0 Å². The van der Waals surface area contributed by atoms with Crippen molar-refractivity contribution in [2.24, 2.45) is 5.92 Å². The summed E-state index contributed by atoms with van der Waals surface area (Å²) < 4.78 is 0. The molecule has 1 saturated carbocycles. The summed E-state index contributed by atoms with van der Waals surface area (Å²) in [5.41, 5.74) is 3.95. The van der Waals surface area contributed by atoms with Gasteiger partial charge in [0, 0.05) is 24.7 Å². The zero-order valence-electron chi connectivity index (χ0n) is 10.9. The van der Waals surface area contributed by atoms with Gasteiger partial charge in [-0.15, -0.1) is 11.6 Å². The number of hydrogen-bond acceptors (Lipinski definition) is 1. The monoisotopic (exact) mass is 251 g/mol. The van der Waals surface area contributed by atoms with Crippen LogP contribution < -0.4 is 4.90 Å². The van der Waals surface area contributed by atoms with Crippen molar-refractivity contribution < 1.29 is 0 Å². The van der Waals surface area contributed by atoms with Crippen molar-refractivity contribution in [2.75, 3.05) is 18.0 Å². The summed E-state index contributed by atoms with van der Waals surface area (Å²) in [6.45, 7) is 6.75. The Balaban J connectivity index is 2.11. The minimum Gasteiger partial charge on any atom is -0.371 e. The molecule has 0 amide bonds. The van der Waals surface area contributed by atoms with Crippen LogP contribution in [-0.2, 0) is 5.88 Å². The van der Waals surface area contributed by atoms with E-state index < -0.39 is 0 Å². The largest absolute Gasteiger partial charge is 0.371 e. The highest BCUT2D eigenvalue weighted by Gasteiger charge is 2.20. The fourth-order valence-electron chi connectivity index (χ4n) is 2.54. The van der Waals surface area contributed by atoms with Crippen LogP contribution in [0.15, 0.2) is 18.2 Å². The molecule has 1 aromatic carbocycles. The second-order valence-corrected chi connectivity index (χ2v) is 5.36. The van der Waals surface area contributed by atoms with Crippen molar-refractivity contribution in [1.82, 2.24) is 0 Å². The maximum Gasteiger partial charge on any atom is 0.0474 e. The molecular weight excluding hydrogens is 230 g/mol. The van der Waals surface area contributed by atoms with E-state index >= 15 is 0 Å². The molecule has 1 aliphatic carbocycles. The Labute approximate surface area is 110 Å². The molecule has 2 rings (SSSR count). The molecule has 2 heteroatoms. The van der Waals surface area contributed by atoms with E-state index in [4.69, 9.17) is 11.6 Å². The summed E-state index contributed by atoms with van der Waals surface area (Å²) in [5, 5.41) is 0. The number of halogens is 1. The molecule has 0 heterocycles. The molecule has 0 aromatic heterocycles. The maximum absolute atomic E-state index is 5.87. The first-order valence-corrected chi connectivity index (χ1v) is 7.18. The van der Waals surface area contributed by atoms with E-state index in [-0.39, 0.29) is 0 Å². The van der Waals surface area contributed by atoms with E-state index in [0.717, 1.165) is 12.5 Å². The number of aryl methyl sites for hydroxylation is 1. The van der Waals surface area contributed by atoms with Gasteiger partial charge in [-0.05, 0) is 49.8 Å². The molecule has 0 atom stereocenters. The van der Waals surface area contributed by atoms with Gasteiger partial charge in [-0.25, -0.2) is 0 Å². The molecule has 1 nitrogen and oxygen atoms in total. The van der Waals surface area contributed by atoms with Crippen LogP contribution in [0.4, 0.5) is 5.69 Å². The van der Waals surface area contributed by atoms with Crippen molar-refractivity contribution in [2.45, 2.75) is 39.0 Å². The Morgan fingerprint density at radius 2 is 2.12 bits per heavy atom. The summed E-state index contributed by atoms with van der Waals surface area (Å²) in [4.78, 5) is 2.51. The zero-order chi connectivity index (χ0) is 12.3. The first-order chi connectivity index (χ1) is 8.24. The quantitative estimate of drug-likeness (QED) is 0.703. The standard InChI is InChI=1S/C15H22ClN/c1-3-17(11-13-5-4-6-13)15-8-7-14(10-16)9-12(15)2/h7-9,13H,3-6,10-11H2,1-2H3. The second-order valence-electron chi connectivity index (χ2n) is 5.09. The van der Waals surface area contributed by atoms with Gasteiger partial charge in [0.1, 0.15) is 0 Å². The third kappa shape index (κ3) is 2.95. The van der Waals surface area contributed by atoms with Crippen LogP contribution in [0.3, 0.4) is 0 Å². The summed E-state index contributed by atoms with van der Waals surface area (Å²) in [6.07, 6.45) is 4.25. The Hall–Kier alpha value is -0.690. The number of benzene rings is 1. The zero-order valence-corrected chi connectivity index (χ0v) is 11.6. The lowest BCUT2D eigenvalue weighted by atomic mass is 9.85. The first-order valence-electron chi connectivity index (χ1n) is 6.65. The average Bonchev–Trinajstić information content (AvgIpc) is 2.29. The highest BCUT2D eigenvalue weighted by molar-refractivity contribution is 6.17. The normalized spacial score (nSPS) is 15.7. The van der Waals surface area contributed by atoms with Crippen molar-refractivity contribution in [3.05, 3.63) is 29.3 Å². The van der Waals surface area contributed by atoms with E-state index in [9.17, 15) is 0 Å². The fourth-order valence-corrected chi connectivity index (χ4v) is 2.71. The summed E-state index contributed by atoms with van der Waals surface area (Å²) in [5.74, 6) is 1.53. The van der Waals surface area contributed by atoms with Crippen LogP contribution in [-0.4, -0.2) is 13.1 Å². The topological polar surface area (TPSA) is 3.24 Å². The maximum atomic E-state index is 5.87. The summed E-state index contributed by atoms with van der Waals surface area (Å²) in [7, 11) is 0. The van der Waals surface area contributed by atoms with Crippen LogP contribution in [0.2, 0.25) is 0 Å². The molecule has 94 valence electrons. The lowest BCUT2D eigenvalue weighted by Crippen LogP contribution is -2.32. The molecule has 0 N–H and O–H groups in total. The van der Waals surface area contributed by atoms with E-state index in [0.29, 0.717) is 5.88 Å². The Morgan fingerprint density at radius 3 is 2.59 bits per heavy atom. The van der Waals surface area contributed by atoms with Crippen molar-refractivity contribution >= 4 is 17.3 Å². The Kier molecular flexibility index (Phi) is 4.33. The van der Waals surface area contributed by atoms with Crippen molar-refractivity contribution in [1.29, 1.82) is 0 Å². The average molecular weight is 252 g/mol. The highest BCUT2D eigenvalue weighted by Crippen LogP contribution is 2.30. The van der Waals surface area contributed by atoms with Gasteiger partial charge in [-0.3, -0.25) is 0 Å². The molecule has 1 fully saturated rings. The van der Waals surface area contributed by atoms with Crippen LogP contribution >= 0.6 is 11.6 Å². The van der Waals surface area contributed by atoms with Gasteiger partial charge in [0.05, 0.1) is 0 Å². The minimum atomic E-state index is 0.607. The van der Waals surface area contributed by atoms with E-state index in [2.05, 4.69) is 36.9 Å². The molecule has 1 aromatic rings. The fraction of sp³-hybridized carbons (Fsp3) is 0.600. The molecule has 0 saturated heterocycles. The van der Waals surface area contributed by atoms with Gasteiger partial charge < -0.3 is 4.90 Å². The molecule has 0 spiro atoms. The molecule has 0 unspecified atom stereocenters. The van der Waals surface area contributed by atoms with Crippen LogP contribution in [0.25, 0.3) is 0 Å². The van der Waals surface area contributed by atoms with E-state index in [1.165, 1.54) is 42.6 Å². The van der Waals surface area contributed by atoms with Gasteiger partial charge in [0.2, 0.25) is 0 Å². The van der Waals surface area contributed by atoms with Crippen LogP contribution in [0.1, 0.15) is 37.3 Å². The van der Waals surface area contributed by atoms with Crippen molar-refractivity contribution in [3.8, 4) is 0 Å². The molecule has 0 bridgehead atoms. The Bertz CT molecular complexity index is 371. The van der Waals surface area contributed by atoms with Gasteiger partial charge in [0.25, 0.3) is 0 Å². The highest BCUT2D eigenvalue weighted by atomic mass is 35.5. The smallest absolute Gasteiger partial charge is 0.0474 e. The minimum absolute atomic E-state index is 0.607. The lowest BCUT2D eigenvalue weighted by molar-refractivity contribution is 0.318. The number of nitrogens with zero attached hydrogens (tertiary/aromatic N) is 1. The predicted molar refractivity (Wildman–Crippen MR) is 76.0 cm³/mol. The second kappa shape index (κ2) is 5.77. The van der Waals surface area contributed by atoms with E-state index in [1.807, 2.05) is 0 Å². The predicted octanol–water partition coefficient (Wildman–Crippen LogP) is 4.36.